The molecule has 7 heavy (non-hydrogen) atoms. The van der Waals surface area contributed by atoms with Gasteiger partial charge in [0.2, 0.25) is 4.38 Å². The molecule has 0 amide bonds. The fourth-order valence-corrected chi connectivity index (χ4v) is 0.370. The van der Waals surface area contributed by atoms with Crippen LogP contribution >= 0.6 is 24.8 Å². The summed E-state index contributed by atoms with van der Waals surface area (Å²) in [6, 6.07) is 0. The van der Waals surface area contributed by atoms with Crippen LogP contribution in [0.4, 0.5) is 0 Å². The van der Waals surface area contributed by atoms with E-state index in [1.54, 1.807) is 0 Å². The Morgan fingerprint density at radius 1 is 1.86 bits per heavy atom. The molecule has 0 rings (SSSR count). The van der Waals surface area contributed by atoms with Crippen LogP contribution in [0.1, 0.15) is 6.92 Å². The van der Waals surface area contributed by atoms with Crippen LogP contribution in [0, 0.1) is 0 Å². The van der Waals surface area contributed by atoms with Gasteiger partial charge in [0, 0.05) is 0 Å². The van der Waals surface area contributed by atoms with Crippen molar-refractivity contribution in [3.63, 3.8) is 0 Å². The predicted octanol–water partition coefficient (Wildman–Crippen LogP) is 0.589. The van der Waals surface area contributed by atoms with E-state index in [1.807, 2.05) is 6.92 Å². The van der Waals surface area contributed by atoms with E-state index in [4.69, 9.17) is 0 Å². The molecule has 0 aliphatic heterocycles. The summed E-state index contributed by atoms with van der Waals surface area (Å²) in [6.45, 7) is 2.48. The van der Waals surface area contributed by atoms with E-state index in [9.17, 15) is 0 Å². The zero-order valence-corrected chi connectivity index (χ0v) is 5.18. The van der Waals surface area contributed by atoms with Crippen molar-refractivity contribution in [2.75, 3.05) is 6.61 Å². The van der Waals surface area contributed by atoms with Gasteiger partial charge in [-0.15, -0.1) is 0 Å². The second kappa shape index (κ2) is 7.24. The van der Waals surface area contributed by atoms with Gasteiger partial charge < -0.3 is 4.74 Å². The quantitative estimate of drug-likeness (QED) is 0.329. The van der Waals surface area contributed by atoms with E-state index in [-0.39, 0.29) is 29.6 Å². The van der Waals surface area contributed by atoms with Gasteiger partial charge in [0.15, 0.2) is 0 Å². The molecule has 0 unspecified atom stereocenters. The molecule has 0 N–H and O–H groups in total. The average molecular weight is 146 g/mol. The number of thiol groups is 1. The van der Waals surface area contributed by atoms with Crippen LogP contribution in [0.3, 0.4) is 0 Å². The van der Waals surface area contributed by atoms with Crippen LogP contribution in [0.25, 0.3) is 0 Å². The van der Waals surface area contributed by atoms with E-state index in [0.717, 1.165) is 0 Å². The Bertz CT molecular complexity index is 56.9. The molecule has 0 atom stereocenters. The Balaban J connectivity index is 0. The first kappa shape index (κ1) is 11.1. The third-order valence-corrected chi connectivity index (χ3v) is 0.515. The van der Waals surface area contributed by atoms with E-state index < -0.39 is 0 Å². The molecule has 0 saturated heterocycles. The van der Waals surface area contributed by atoms with Gasteiger partial charge in [-0.1, -0.05) is 12.6 Å². The number of thiocarbonyl (C=S) groups is 1. The van der Waals surface area contributed by atoms with E-state index in [0.29, 0.717) is 11.0 Å². The third kappa shape index (κ3) is 11.1. The van der Waals surface area contributed by atoms with Crippen LogP contribution in [0.2, 0.25) is 0 Å². The molecular formula is C3H7NaOS2. The number of hydrogen-bond donors (Lipinski definition) is 1. The molecule has 0 aromatic carbocycles. The molecule has 0 radical (unpaired) electrons. The topological polar surface area (TPSA) is 9.23 Å². The first-order valence-corrected chi connectivity index (χ1v) is 2.48. The normalized spacial score (nSPS) is 6.57. The van der Waals surface area contributed by atoms with Gasteiger partial charge in [0.05, 0.1) is 6.61 Å². The average Bonchev–Trinajstić information content (AvgIpc) is 1.35. The molecule has 0 aliphatic rings. The summed E-state index contributed by atoms with van der Waals surface area (Å²) >= 11 is 8.12. The van der Waals surface area contributed by atoms with Crippen molar-refractivity contribution in [3.8, 4) is 0 Å². The molecule has 0 spiro atoms. The number of hydrogen-bond acceptors (Lipinski definition) is 2. The molecule has 0 aromatic rings. The molecule has 0 saturated carbocycles. The monoisotopic (exact) mass is 146 g/mol. The number of ether oxygens (including phenoxy) is 1. The number of rotatable bonds is 1. The Morgan fingerprint density at radius 3 is 2.29 bits per heavy atom. The summed E-state index contributed by atoms with van der Waals surface area (Å²) in [4.78, 5) is 0. The van der Waals surface area contributed by atoms with Gasteiger partial charge in [-0.05, 0) is 19.1 Å². The first-order chi connectivity index (χ1) is 2.77. The summed E-state index contributed by atoms with van der Waals surface area (Å²) in [5, 5.41) is 0. The van der Waals surface area contributed by atoms with Crippen LogP contribution in [0.15, 0.2) is 0 Å². The Kier molecular flexibility index (Phi) is 11.5. The minimum atomic E-state index is 0. The molecule has 0 aromatic heterocycles. The molecular weight excluding hydrogens is 139 g/mol. The van der Waals surface area contributed by atoms with Crippen LogP contribution in [0.5, 0.6) is 0 Å². The van der Waals surface area contributed by atoms with Gasteiger partial charge in [-0.2, -0.15) is 0 Å². The third-order valence-electron chi connectivity index (χ3n) is 0.268. The summed E-state index contributed by atoms with van der Waals surface area (Å²) < 4.78 is 4.95. The van der Waals surface area contributed by atoms with Gasteiger partial charge >= 0.3 is 29.6 Å². The molecule has 0 aliphatic carbocycles. The van der Waals surface area contributed by atoms with Crippen molar-refractivity contribution in [2.24, 2.45) is 0 Å². The van der Waals surface area contributed by atoms with Crippen molar-refractivity contribution < 1.29 is 4.74 Å². The molecule has 4 heteroatoms. The van der Waals surface area contributed by atoms with Gasteiger partial charge in [-0.3, -0.25) is 0 Å². The second-order valence-corrected chi connectivity index (χ2v) is 1.78. The Labute approximate surface area is 76.5 Å². The van der Waals surface area contributed by atoms with Crippen molar-refractivity contribution >= 4 is 58.8 Å². The van der Waals surface area contributed by atoms with Crippen LogP contribution < -0.4 is 0 Å². The van der Waals surface area contributed by atoms with Crippen molar-refractivity contribution in [3.05, 3.63) is 0 Å². The SMILES string of the molecule is CCOC(=S)S.[NaH]. The maximum absolute atomic E-state index is 4.64. The molecule has 0 bridgehead atoms. The Hall–Kier alpha value is 1.24. The van der Waals surface area contributed by atoms with Crippen LogP contribution in [-0.4, -0.2) is 40.5 Å². The fraction of sp³-hybridized carbons (Fsp3) is 0.667. The zero-order valence-electron chi connectivity index (χ0n) is 3.47. The fourth-order valence-electron chi connectivity index (χ4n) is 0.123. The first-order valence-electron chi connectivity index (χ1n) is 1.63. The standard InChI is InChI=1S/C3H6OS2.Na.H/c1-2-4-3(5)6;;/h2H2,1H3,(H,5,6);;. The van der Waals surface area contributed by atoms with E-state index in [2.05, 4.69) is 29.6 Å². The Morgan fingerprint density at radius 2 is 2.29 bits per heavy atom. The summed E-state index contributed by atoms with van der Waals surface area (Å²) in [5.41, 5.74) is 0. The van der Waals surface area contributed by atoms with Gasteiger partial charge in [0.1, 0.15) is 0 Å². The molecule has 1 nitrogen and oxygen atoms in total. The van der Waals surface area contributed by atoms with Crippen molar-refractivity contribution in [2.45, 2.75) is 6.92 Å². The van der Waals surface area contributed by atoms with Crippen molar-refractivity contribution in [1.29, 1.82) is 0 Å². The maximum atomic E-state index is 4.64. The van der Waals surface area contributed by atoms with Crippen molar-refractivity contribution in [1.82, 2.24) is 0 Å². The molecule has 0 heterocycles. The molecule has 0 fully saturated rings. The van der Waals surface area contributed by atoms with E-state index in [1.165, 1.54) is 0 Å². The summed E-state index contributed by atoms with van der Waals surface area (Å²) in [6.07, 6.45) is 0. The zero-order chi connectivity index (χ0) is 4.99. The molecule has 38 valence electrons. The van der Waals surface area contributed by atoms with Gasteiger partial charge in [0.25, 0.3) is 0 Å². The predicted molar refractivity (Wildman–Crippen MR) is 40.4 cm³/mol. The van der Waals surface area contributed by atoms with Crippen LogP contribution in [-0.2, 0) is 4.74 Å². The summed E-state index contributed by atoms with van der Waals surface area (Å²) in [7, 11) is 0. The van der Waals surface area contributed by atoms with E-state index >= 15 is 0 Å². The minimum absolute atomic E-state index is 0. The summed E-state index contributed by atoms with van der Waals surface area (Å²) in [5.74, 6) is 0. The van der Waals surface area contributed by atoms with Gasteiger partial charge in [-0.25, -0.2) is 0 Å². The second-order valence-electron chi connectivity index (χ2n) is 0.699.